The molecule has 1 aromatic carbocycles. The molecule has 0 aliphatic rings. The largest absolute Gasteiger partial charge is 0.496 e. The molecule has 0 saturated carbocycles. The van der Waals surface area contributed by atoms with Crippen LogP contribution in [0.4, 0.5) is 13.2 Å². The zero-order chi connectivity index (χ0) is 22.5. The standard InChI is InChI=1S/C20H15F3N4O2S/c1-11-5-17(20(21,22)23)27-19(15(11)9-25)30-10-14-7-12(3-4-16(14)29-2)6-13(8-24)18(26)28/h3-7H,10H2,1-2H3,(H2,26,28)/b13-6-. The van der Waals surface area contributed by atoms with Crippen molar-refractivity contribution in [3.05, 3.63) is 57.8 Å². The molecule has 30 heavy (non-hydrogen) atoms. The van der Waals surface area contributed by atoms with Gasteiger partial charge in [-0.15, -0.1) is 11.8 Å². The fourth-order valence-corrected chi connectivity index (χ4v) is 3.53. The zero-order valence-electron chi connectivity index (χ0n) is 15.9. The van der Waals surface area contributed by atoms with Crippen molar-refractivity contribution in [3.8, 4) is 17.9 Å². The molecule has 6 nitrogen and oxygen atoms in total. The molecule has 2 aromatic rings. The minimum Gasteiger partial charge on any atom is -0.496 e. The first-order valence-corrected chi connectivity index (χ1v) is 9.29. The predicted molar refractivity (Wildman–Crippen MR) is 104 cm³/mol. The minimum atomic E-state index is -4.64. The Hall–Kier alpha value is -3.50. The molecular formula is C20H15F3N4O2S. The van der Waals surface area contributed by atoms with Crippen LogP contribution in [0, 0.1) is 29.6 Å². The van der Waals surface area contributed by atoms with Gasteiger partial charge in [-0.2, -0.15) is 23.7 Å². The van der Waals surface area contributed by atoms with E-state index in [1.807, 2.05) is 6.07 Å². The highest BCUT2D eigenvalue weighted by molar-refractivity contribution is 7.98. The van der Waals surface area contributed by atoms with Crippen LogP contribution in [0.25, 0.3) is 6.08 Å². The van der Waals surface area contributed by atoms with Crippen LogP contribution in [-0.2, 0) is 16.7 Å². The van der Waals surface area contributed by atoms with Gasteiger partial charge in [0.1, 0.15) is 34.2 Å². The van der Waals surface area contributed by atoms with Gasteiger partial charge in [0.25, 0.3) is 5.91 Å². The number of nitriles is 2. The average molecular weight is 432 g/mol. The maximum Gasteiger partial charge on any atom is 0.433 e. The number of amides is 1. The van der Waals surface area contributed by atoms with E-state index in [2.05, 4.69) is 4.98 Å². The van der Waals surface area contributed by atoms with Crippen LogP contribution < -0.4 is 10.5 Å². The van der Waals surface area contributed by atoms with Crippen LogP contribution in [0.15, 0.2) is 34.9 Å². The van der Waals surface area contributed by atoms with Crippen LogP contribution in [0.3, 0.4) is 0 Å². The molecule has 0 saturated heterocycles. The van der Waals surface area contributed by atoms with Crippen molar-refractivity contribution < 1.29 is 22.7 Å². The molecule has 0 fully saturated rings. The summed E-state index contributed by atoms with van der Waals surface area (Å²) >= 11 is 0.947. The number of primary amides is 1. The summed E-state index contributed by atoms with van der Waals surface area (Å²) in [5.74, 6) is -0.308. The number of aryl methyl sites for hydroxylation is 1. The number of hydrogen-bond acceptors (Lipinski definition) is 6. The van der Waals surface area contributed by atoms with Gasteiger partial charge in [-0.3, -0.25) is 4.79 Å². The molecule has 1 aromatic heterocycles. The number of pyridine rings is 1. The van der Waals surface area contributed by atoms with E-state index in [1.54, 1.807) is 24.3 Å². The Bertz CT molecular complexity index is 1100. The van der Waals surface area contributed by atoms with Crippen LogP contribution in [0.5, 0.6) is 5.75 Å². The van der Waals surface area contributed by atoms with Crippen LogP contribution in [0.1, 0.15) is 27.9 Å². The van der Waals surface area contributed by atoms with E-state index in [0.717, 1.165) is 17.8 Å². The van der Waals surface area contributed by atoms with Gasteiger partial charge in [0.2, 0.25) is 0 Å². The Balaban J connectivity index is 2.43. The third-order valence-corrected chi connectivity index (χ3v) is 4.98. The molecule has 1 heterocycles. The number of nitrogens with two attached hydrogens (primary N) is 1. The van der Waals surface area contributed by atoms with Crippen LogP contribution in [0.2, 0.25) is 0 Å². The van der Waals surface area contributed by atoms with Crippen LogP contribution >= 0.6 is 11.8 Å². The minimum absolute atomic E-state index is 0.0531. The number of halogens is 3. The monoisotopic (exact) mass is 432 g/mol. The highest BCUT2D eigenvalue weighted by atomic mass is 32.2. The van der Waals surface area contributed by atoms with Gasteiger partial charge in [0, 0.05) is 11.3 Å². The molecule has 0 aliphatic carbocycles. The van der Waals surface area contributed by atoms with Crippen molar-refractivity contribution in [2.24, 2.45) is 5.73 Å². The Morgan fingerprint density at radius 3 is 2.57 bits per heavy atom. The summed E-state index contributed by atoms with van der Waals surface area (Å²) in [6.45, 7) is 1.42. The Labute approximate surface area is 174 Å². The number of methoxy groups -OCH3 is 1. The van der Waals surface area contributed by atoms with Crippen molar-refractivity contribution >= 4 is 23.7 Å². The molecule has 0 bridgehead atoms. The van der Waals surface area contributed by atoms with E-state index in [1.165, 1.54) is 20.1 Å². The van der Waals surface area contributed by atoms with E-state index in [9.17, 15) is 23.2 Å². The number of ether oxygens (including phenoxy) is 1. The van der Waals surface area contributed by atoms with Crippen molar-refractivity contribution in [3.63, 3.8) is 0 Å². The van der Waals surface area contributed by atoms with Crippen LogP contribution in [-0.4, -0.2) is 18.0 Å². The highest BCUT2D eigenvalue weighted by Crippen LogP contribution is 2.35. The Kier molecular flexibility index (Phi) is 7.09. The molecule has 0 unspecified atom stereocenters. The van der Waals surface area contributed by atoms with E-state index < -0.39 is 17.8 Å². The number of carbonyl (C=O) groups is 1. The molecule has 0 aliphatic heterocycles. The van der Waals surface area contributed by atoms with Gasteiger partial charge in [-0.05, 0) is 42.3 Å². The molecule has 2 rings (SSSR count). The SMILES string of the molecule is COc1ccc(/C=C(/C#N)C(N)=O)cc1CSc1nc(C(F)(F)F)cc(C)c1C#N. The number of nitrogens with zero attached hydrogens (tertiary/aromatic N) is 3. The quantitative estimate of drug-likeness (QED) is 0.420. The number of aromatic nitrogens is 1. The first-order valence-electron chi connectivity index (χ1n) is 8.31. The Morgan fingerprint density at radius 1 is 1.33 bits per heavy atom. The van der Waals surface area contributed by atoms with Crippen molar-refractivity contribution in [1.29, 1.82) is 10.5 Å². The molecular weight excluding hydrogens is 417 g/mol. The second kappa shape index (κ2) is 9.33. The smallest absolute Gasteiger partial charge is 0.433 e. The summed E-state index contributed by atoms with van der Waals surface area (Å²) in [6, 6.07) is 9.21. The fourth-order valence-electron chi connectivity index (χ4n) is 2.50. The molecule has 0 spiro atoms. The number of rotatable bonds is 6. The molecule has 0 radical (unpaired) electrons. The summed E-state index contributed by atoms with van der Waals surface area (Å²) in [5, 5.41) is 18.2. The van der Waals surface area contributed by atoms with Gasteiger partial charge >= 0.3 is 6.18 Å². The first kappa shape index (κ1) is 22.8. The topological polar surface area (TPSA) is 113 Å². The fraction of sp³-hybridized carbons (Fsp3) is 0.200. The number of hydrogen-bond donors (Lipinski definition) is 1. The van der Waals surface area contributed by atoms with Gasteiger partial charge < -0.3 is 10.5 Å². The number of carbonyl (C=O) groups excluding carboxylic acids is 1. The molecule has 1 amide bonds. The normalized spacial score (nSPS) is 11.5. The van der Waals surface area contributed by atoms with Crippen molar-refractivity contribution in [2.45, 2.75) is 23.9 Å². The average Bonchev–Trinajstić information content (AvgIpc) is 2.69. The van der Waals surface area contributed by atoms with Gasteiger partial charge in [-0.25, -0.2) is 4.98 Å². The third-order valence-electron chi connectivity index (χ3n) is 3.95. The second-order valence-corrected chi connectivity index (χ2v) is 6.97. The zero-order valence-corrected chi connectivity index (χ0v) is 16.7. The number of thioether (sulfide) groups is 1. The molecule has 0 atom stereocenters. The highest BCUT2D eigenvalue weighted by Gasteiger charge is 2.34. The van der Waals surface area contributed by atoms with E-state index >= 15 is 0 Å². The molecule has 2 N–H and O–H groups in total. The maximum atomic E-state index is 13.1. The summed E-state index contributed by atoms with van der Waals surface area (Å²) in [4.78, 5) is 14.9. The lowest BCUT2D eigenvalue weighted by Gasteiger charge is -2.13. The summed E-state index contributed by atoms with van der Waals surface area (Å²) in [5.41, 5.74) is 5.08. The van der Waals surface area contributed by atoms with Crippen molar-refractivity contribution in [1.82, 2.24) is 4.98 Å². The predicted octanol–water partition coefficient (Wildman–Crippen LogP) is 3.97. The first-order chi connectivity index (χ1) is 14.1. The summed E-state index contributed by atoms with van der Waals surface area (Å²) < 4.78 is 44.6. The number of alkyl halides is 3. The van der Waals surface area contributed by atoms with E-state index in [4.69, 9.17) is 15.7 Å². The van der Waals surface area contributed by atoms with Gasteiger partial charge in [0.15, 0.2) is 0 Å². The van der Waals surface area contributed by atoms with Gasteiger partial charge in [-0.1, -0.05) is 6.07 Å². The van der Waals surface area contributed by atoms with Crippen molar-refractivity contribution in [2.75, 3.05) is 7.11 Å². The second-order valence-electron chi connectivity index (χ2n) is 6.01. The third kappa shape index (κ3) is 5.31. The molecule has 154 valence electrons. The lowest BCUT2D eigenvalue weighted by molar-refractivity contribution is -0.141. The number of benzene rings is 1. The van der Waals surface area contributed by atoms with Gasteiger partial charge in [0.05, 0.1) is 12.7 Å². The lowest BCUT2D eigenvalue weighted by Crippen LogP contribution is -2.12. The van der Waals surface area contributed by atoms with E-state index in [0.29, 0.717) is 16.9 Å². The molecule has 10 heteroatoms. The Morgan fingerprint density at radius 2 is 2.03 bits per heavy atom. The summed E-state index contributed by atoms with van der Waals surface area (Å²) in [7, 11) is 1.43. The summed E-state index contributed by atoms with van der Waals surface area (Å²) in [6.07, 6.45) is -3.35. The lowest BCUT2D eigenvalue weighted by atomic mass is 10.1. The maximum absolute atomic E-state index is 13.1. The van der Waals surface area contributed by atoms with E-state index in [-0.39, 0.29) is 27.5 Å².